The molecule has 1 aliphatic rings. The van der Waals surface area contributed by atoms with Crippen LogP contribution >= 0.6 is 0 Å². The molecule has 2 N–H and O–H groups in total. The minimum Gasteiger partial charge on any atom is -0.486 e. The van der Waals surface area contributed by atoms with Gasteiger partial charge in [0.05, 0.1) is 10.9 Å². The van der Waals surface area contributed by atoms with Gasteiger partial charge in [0.1, 0.15) is 13.2 Å². The number of nitrogens with one attached hydrogen (secondary N) is 2. The van der Waals surface area contributed by atoms with Gasteiger partial charge in [-0.15, -0.1) is 0 Å². The number of rotatable bonds is 7. The van der Waals surface area contributed by atoms with Crippen LogP contribution in [0.5, 0.6) is 11.5 Å². The van der Waals surface area contributed by atoms with Crippen molar-refractivity contribution in [2.24, 2.45) is 0 Å². The molecule has 1 atom stereocenters. The van der Waals surface area contributed by atoms with Gasteiger partial charge in [-0.05, 0) is 55.7 Å². The molecule has 29 heavy (non-hydrogen) atoms. The summed E-state index contributed by atoms with van der Waals surface area (Å²) in [5.74, 6) is 1.12. The number of hydrogen-bond acceptors (Lipinski definition) is 5. The van der Waals surface area contributed by atoms with Crippen LogP contribution in [0.25, 0.3) is 0 Å². The Kier molecular flexibility index (Phi) is 6.44. The van der Waals surface area contributed by atoms with E-state index in [-0.39, 0.29) is 29.8 Å². The number of carbonyl (C=O) groups is 1. The molecule has 0 aliphatic carbocycles. The van der Waals surface area contributed by atoms with Crippen LogP contribution in [0, 0.1) is 13.8 Å². The number of carbonyl (C=O) groups excluding carboxylic acids is 1. The van der Waals surface area contributed by atoms with Gasteiger partial charge >= 0.3 is 0 Å². The molecule has 1 amide bonds. The van der Waals surface area contributed by atoms with Crippen molar-refractivity contribution in [3.63, 3.8) is 0 Å². The molecule has 0 aromatic heterocycles. The molecule has 0 saturated heterocycles. The van der Waals surface area contributed by atoms with Gasteiger partial charge in [0.2, 0.25) is 15.9 Å². The molecular weight excluding hydrogens is 392 g/mol. The van der Waals surface area contributed by atoms with Crippen LogP contribution in [0.2, 0.25) is 0 Å². The molecule has 2 aromatic rings. The summed E-state index contributed by atoms with van der Waals surface area (Å²) in [6.07, 6.45) is 0.0407. The monoisotopic (exact) mass is 418 g/mol. The fourth-order valence-electron chi connectivity index (χ4n) is 3.10. The third-order valence-corrected chi connectivity index (χ3v) is 6.32. The number of hydrogen-bond donors (Lipinski definition) is 2. The lowest BCUT2D eigenvalue weighted by Gasteiger charge is -2.21. The van der Waals surface area contributed by atoms with Crippen molar-refractivity contribution in [3.05, 3.63) is 53.1 Å². The fourth-order valence-corrected chi connectivity index (χ4v) is 4.46. The summed E-state index contributed by atoms with van der Waals surface area (Å²) in [4.78, 5) is 12.5. The van der Waals surface area contributed by atoms with E-state index < -0.39 is 10.0 Å². The van der Waals surface area contributed by atoms with E-state index in [0.717, 1.165) is 11.1 Å². The first-order valence-electron chi connectivity index (χ1n) is 9.52. The molecule has 0 unspecified atom stereocenters. The molecule has 1 aliphatic heterocycles. The maximum atomic E-state index is 12.5. The SMILES string of the molecule is Cc1ccc(C)c(S(=O)(=O)NCCC(=O)N[C@@H](C)c2ccc3c(c2)OCCO3)c1. The zero-order valence-corrected chi connectivity index (χ0v) is 17.6. The Morgan fingerprint density at radius 1 is 1.07 bits per heavy atom. The summed E-state index contributed by atoms with van der Waals surface area (Å²) >= 11 is 0. The molecule has 0 fully saturated rings. The van der Waals surface area contributed by atoms with Gasteiger partial charge in [-0.2, -0.15) is 0 Å². The first kappa shape index (κ1) is 21.1. The van der Waals surface area contributed by atoms with E-state index in [9.17, 15) is 13.2 Å². The summed E-state index contributed by atoms with van der Waals surface area (Å²) in [5.41, 5.74) is 2.42. The van der Waals surface area contributed by atoms with Crippen molar-refractivity contribution >= 4 is 15.9 Å². The molecule has 0 spiro atoms. The minimum absolute atomic E-state index is 0.0232. The van der Waals surface area contributed by atoms with Crippen molar-refractivity contribution in [1.29, 1.82) is 0 Å². The molecule has 8 heteroatoms. The maximum Gasteiger partial charge on any atom is 0.240 e. The third-order valence-electron chi connectivity index (χ3n) is 4.72. The summed E-state index contributed by atoms with van der Waals surface area (Å²) in [5, 5.41) is 2.88. The van der Waals surface area contributed by atoms with Crippen molar-refractivity contribution in [2.45, 2.75) is 38.1 Å². The van der Waals surface area contributed by atoms with E-state index >= 15 is 0 Å². The summed E-state index contributed by atoms with van der Waals surface area (Å²) in [6.45, 7) is 6.49. The quantitative estimate of drug-likeness (QED) is 0.721. The number of sulfonamides is 1. The first-order chi connectivity index (χ1) is 13.8. The van der Waals surface area contributed by atoms with Crippen LogP contribution in [0.1, 0.15) is 36.1 Å². The second-order valence-electron chi connectivity index (χ2n) is 7.11. The number of amides is 1. The number of fused-ring (bicyclic) bond motifs is 1. The van der Waals surface area contributed by atoms with Crippen LogP contribution in [-0.4, -0.2) is 34.1 Å². The molecule has 7 nitrogen and oxygen atoms in total. The van der Waals surface area contributed by atoms with E-state index in [1.807, 2.05) is 38.1 Å². The van der Waals surface area contributed by atoms with Gasteiger partial charge in [0.25, 0.3) is 0 Å². The Morgan fingerprint density at radius 2 is 1.79 bits per heavy atom. The highest BCUT2D eigenvalue weighted by molar-refractivity contribution is 7.89. The maximum absolute atomic E-state index is 12.5. The highest BCUT2D eigenvalue weighted by atomic mass is 32.2. The fraction of sp³-hybridized carbons (Fsp3) is 0.381. The molecule has 1 heterocycles. The predicted molar refractivity (Wildman–Crippen MR) is 110 cm³/mol. The molecule has 3 rings (SSSR count). The normalized spacial score (nSPS) is 14.3. The van der Waals surface area contributed by atoms with Crippen molar-refractivity contribution in [3.8, 4) is 11.5 Å². The van der Waals surface area contributed by atoms with Crippen LogP contribution in [0.4, 0.5) is 0 Å². The van der Waals surface area contributed by atoms with E-state index in [0.29, 0.717) is 30.3 Å². The Balaban J connectivity index is 1.54. The van der Waals surface area contributed by atoms with Crippen LogP contribution < -0.4 is 19.5 Å². The average Bonchev–Trinajstić information content (AvgIpc) is 2.69. The van der Waals surface area contributed by atoms with Crippen molar-refractivity contribution in [1.82, 2.24) is 10.0 Å². The van der Waals surface area contributed by atoms with E-state index in [2.05, 4.69) is 10.0 Å². The third kappa shape index (κ3) is 5.27. The van der Waals surface area contributed by atoms with Gasteiger partial charge in [-0.25, -0.2) is 13.1 Å². The van der Waals surface area contributed by atoms with E-state index in [1.165, 1.54) is 0 Å². The topological polar surface area (TPSA) is 93.7 Å². The Hall–Kier alpha value is -2.58. The standard InChI is InChI=1S/C21H26N2O5S/c1-14-4-5-15(2)20(12-14)29(25,26)22-9-8-21(24)23-16(3)17-6-7-18-19(13-17)28-11-10-27-18/h4-7,12-13,16,22H,8-11H2,1-3H3,(H,23,24)/t16-/m0/s1. The summed E-state index contributed by atoms with van der Waals surface area (Å²) in [6, 6.07) is 10.6. The largest absolute Gasteiger partial charge is 0.486 e. The van der Waals surface area contributed by atoms with Crippen LogP contribution in [-0.2, 0) is 14.8 Å². The summed E-state index contributed by atoms with van der Waals surface area (Å²) < 4.78 is 38.6. The van der Waals surface area contributed by atoms with Crippen molar-refractivity contribution in [2.75, 3.05) is 19.8 Å². The predicted octanol–water partition coefficient (Wildman–Crippen LogP) is 2.62. The van der Waals surface area contributed by atoms with Gasteiger partial charge in [0.15, 0.2) is 11.5 Å². The molecular formula is C21H26N2O5S. The average molecular weight is 419 g/mol. The highest BCUT2D eigenvalue weighted by Crippen LogP contribution is 2.32. The number of benzene rings is 2. The highest BCUT2D eigenvalue weighted by Gasteiger charge is 2.18. The Bertz CT molecular complexity index is 1000. The molecule has 0 saturated carbocycles. The van der Waals surface area contributed by atoms with E-state index in [4.69, 9.17) is 9.47 Å². The second-order valence-corrected chi connectivity index (χ2v) is 8.84. The molecule has 2 aromatic carbocycles. The van der Waals surface area contributed by atoms with Gasteiger partial charge in [0, 0.05) is 13.0 Å². The summed E-state index contributed by atoms with van der Waals surface area (Å²) in [7, 11) is -3.66. The smallest absolute Gasteiger partial charge is 0.240 e. The number of ether oxygens (including phenoxy) is 2. The van der Waals surface area contributed by atoms with E-state index in [1.54, 1.807) is 19.1 Å². The lowest BCUT2D eigenvalue weighted by molar-refractivity contribution is -0.121. The Labute approximate surface area is 171 Å². The molecule has 0 bridgehead atoms. The molecule has 0 radical (unpaired) electrons. The second kappa shape index (κ2) is 8.84. The minimum atomic E-state index is -3.66. The zero-order chi connectivity index (χ0) is 21.0. The first-order valence-corrected chi connectivity index (χ1v) is 11.0. The van der Waals surface area contributed by atoms with Gasteiger partial charge < -0.3 is 14.8 Å². The Morgan fingerprint density at radius 3 is 2.55 bits per heavy atom. The van der Waals surface area contributed by atoms with Crippen LogP contribution in [0.3, 0.4) is 0 Å². The lowest BCUT2D eigenvalue weighted by Crippen LogP contribution is -2.32. The lowest BCUT2D eigenvalue weighted by atomic mass is 10.1. The molecule has 156 valence electrons. The van der Waals surface area contributed by atoms with Gasteiger partial charge in [-0.1, -0.05) is 18.2 Å². The van der Waals surface area contributed by atoms with Gasteiger partial charge in [-0.3, -0.25) is 4.79 Å². The van der Waals surface area contributed by atoms with Crippen LogP contribution in [0.15, 0.2) is 41.3 Å². The van der Waals surface area contributed by atoms with Crippen molar-refractivity contribution < 1.29 is 22.7 Å². The zero-order valence-electron chi connectivity index (χ0n) is 16.8. The number of aryl methyl sites for hydroxylation is 2.